The van der Waals surface area contributed by atoms with E-state index >= 15 is 0 Å². The first-order valence-electron chi connectivity index (χ1n) is 12.2. The Labute approximate surface area is 224 Å². The summed E-state index contributed by atoms with van der Waals surface area (Å²) < 4.78 is 23.3. The van der Waals surface area contributed by atoms with E-state index < -0.39 is 0 Å². The average molecular weight is 540 g/mol. The minimum atomic E-state index is -0.268. The lowest BCUT2D eigenvalue weighted by molar-refractivity contribution is -0.131. The van der Waals surface area contributed by atoms with Crippen LogP contribution in [0.2, 0.25) is 5.02 Å². The third-order valence-electron chi connectivity index (χ3n) is 6.35. The molecular formula is C27H27ClFN5O2S. The average Bonchev–Trinajstić information content (AvgIpc) is 3.60. The zero-order valence-corrected chi connectivity index (χ0v) is 21.8. The van der Waals surface area contributed by atoms with E-state index in [2.05, 4.69) is 9.27 Å². The number of hydrogen-bond acceptors (Lipinski definition) is 7. The highest BCUT2D eigenvalue weighted by atomic mass is 35.5. The van der Waals surface area contributed by atoms with Gasteiger partial charge in [0.15, 0.2) is 0 Å². The fraction of sp³-hybridized carbons (Fsp3) is 0.296. The van der Waals surface area contributed by atoms with Crippen molar-refractivity contribution in [3.8, 4) is 0 Å². The predicted octanol–water partition coefficient (Wildman–Crippen LogP) is 5.26. The number of carbonyl (C=O) groups is 1. The lowest BCUT2D eigenvalue weighted by atomic mass is 10.1. The SMILES string of the molecule is O=C(CCN(Cc1ccco1)c1nc(Cc2ccc(F)cc2)ns1)N1CCN(c2ccccc2Cl)CC1. The molecule has 1 amide bonds. The van der Waals surface area contributed by atoms with Crippen LogP contribution < -0.4 is 9.80 Å². The van der Waals surface area contributed by atoms with Crippen molar-refractivity contribution in [2.75, 3.05) is 42.5 Å². The number of aromatic nitrogens is 2. The summed E-state index contributed by atoms with van der Waals surface area (Å²) in [7, 11) is 0. The molecule has 0 saturated carbocycles. The molecule has 4 aromatic rings. The Bertz CT molecular complexity index is 1310. The number of piperazine rings is 1. The number of amides is 1. The van der Waals surface area contributed by atoms with Crippen molar-refractivity contribution in [2.24, 2.45) is 0 Å². The van der Waals surface area contributed by atoms with Crippen LogP contribution in [0.4, 0.5) is 15.2 Å². The highest BCUT2D eigenvalue weighted by molar-refractivity contribution is 7.09. The largest absolute Gasteiger partial charge is 0.467 e. The minimum absolute atomic E-state index is 0.110. The second-order valence-electron chi connectivity index (χ2n) is 8.87. The molecule has 37 heavy (non-hydrogen) atoms. The smallest absolute Gasteiger partial charge is 0.224 e. The molecule has 1 saturated heterocycles. The second-order valence-corrected chi connectivity index (χ2v) is 10.0. The Morgan fingerprint density at radius 1 is 1.05 bits per heavy atom. The number of nitrogens with zero attached hydrogens (tertiary/aromatic N) is 5. The molecule has 0 N–H and O–H groups in total. The summed E-state index contributed by atoms with van der Waals surface area (Å²) in [5.41, 5.74) is 1.95. The normalized spacial score (nSPS) is 13.7. The molecule has 3 heterocycles. The highest BCUT2D eigenvalue weighted by Crippen LogP contribution is 2.26. The van der Waals surface area contributed by atoms with Crippen LogP contribution in [0.25, 0.3) is 0 Å². The Morgan fingerprint density at radius 2 is 1.84 bits per heavy atom. The molecule has 1 aliphatic rings. The van der Waals surface area contributed by atoms with E-state index in [-0.39, 0.29) is 11.7 Å². The van der Waals surface area contributed by atoms with Crippen LogP contribution >= 0.6 is 23.1 Å². The van der Waals surface area contributed by atoms with Crippen molar-refractivity contribution in [3.05, 3.63) is 94.9 Å². The van der Waals surface area contributed by atoms with Gasteiger partial charge in [0.25, 0.3) is 0 Å². The van der Waals surface area contributed by atoms with Gasteiger partial charge in [-0.1, -0.05) is 35.9 Å². The van der Waals surface area contributed by atoms with Crippen LogP contribution in [0.15, 0.2) is 71.3 Å². The second kappa shape index (κ2) is 11.7. The van der Waals surface area contributed by atoms with Crippen LogP contribution in [0.1, 0.15) is 23.6 Å². The number of halogens is 2. The van der Waals surface area contributed by atoms with Crippen LogP contribution in [0.5, 0.6) is 0 Å². The fourth-order valence-electron chi connectivity index (χ4n) is 4.36. The van der Waals surface area contributed by atoms with Gasteiger partial charge >= 0.3 is 0 Å². The molecule has 0 spiro atoms. The van der Waals surface area contributed by atoms with E-state index in [0.717, 1.165) is 40.3 Å². The minimum Gasteiger partial charge on any atom is -0.467 e. The van der Waals surface area contributed by atoms with E-state index in [9.17, 15) is 9.18 Å². The van der Waals surface area contributed by atoms with E-state index in [1.54, 1.807) is 18.4 Å². The number of furan rings is 1. The molecule has 0 radical (unpaired) electrons. The number of benzene rings is 2. The molecule has 0 atom stereocenters. The van der Waals surface area contributed by atoms with Gasteiger partial charge < -0.3 is 19.1 Å². The van der Waals surface area contributed by atoms with Crippen LogP contribution in [0, 0.1) is 5.82 Å². The Hall–Kier alpha value is -3.43. The molecule has 0 bridgehead atoms. The van der Waals surface area contributed by atoms with E-state index in [0.29, 0.717) is 44.8 Å². The molecule has 10 heteroatoms. The third-order valence-corrected chi connectivity index (χ3v) is 7.49. The summed E-state index contributed by atoms with van der Waals surface area (Å²) in [6.45, 7) is 3.79. The highest BCUT2D eigenvalue weighted by Gasteiger charge is 2.24. The van der Waals surface area contributed by atoms with Gasteiger partial charge in [0, 0.05) is 57.1 Å². The molecular weight excluding hydrogens is 513 g/mol. The van der Waals surface area contributed by atoms with Gasteiger partial charge in [-0.2, -0.15) is 4.37 Å². The van der Waals surface area contributed by atoms with Gasteiger partial charge in [-0.15, -0.1) is 0 Å². The maximum Gasteiger partial charge on any atom is 0.224 e. The topological polar surface area (TPSA) is 65.7 Å². The number of para-hydroxylation sites is 1. The number of carbonyl (C=O) groups excluding carboxylic acids is 1. The Morgan fingerprint density at radius 3 is 2.57 bits per heavy atom. The third kappa shape index (κ3) is 6.47. The summed E-state index contributed by atoms with van der Waals surface area (Å²) in [5.74, 6) is 1.30. The first-order valence-corrected chi connectivity index (χ1v) is 13.3. The van der Waals surface area contributed by atoms with Crippen molar-refractivity contribution >= 4 is 39.9 Å². The van der Waals surface area contributed by atoms with Gasteiger partial charge in [-0.25, -0.2) is 9.37 Å². The van der Waals surface area contributed by atoms with Gasteiger partial charge in [0.2, 0.25) is 11.0 Å². The van der Waals surface area contributed by atoms with E-state index in [1.165, 1.54) is 23.7 Å². The molecule has 192 valence electrons. The van der Waals surface area contributed by atoms with Crippen molar-refractivity contribution in [2.45, 2.75) is 19.4 Å². The van der Waals surface area contributed by atoms with Gasteiger partial charge in [-0.3, -0.25) is 4.79 Å². The van der Waals surface area contributed by atoms with Crippen LogP contribution in [0.3, 0.4) is 0 Å². The zero-order valence-electron chi connectivity index (χ0n) is 20.2. The molecule has 2 aromatic carbocycles. The molecule has 0 unspecified atom stereocenters. The van der Waals surface area contributed by atoms with Gasteiger partial charge in [0.05, 0.1) is 23.5 Å². The number of hydrogen-bond donors (Lipinski definition) is 0. The molecule has 1 fully saturated rings. The lowest BCUT2D eigenvalue weighted by Crippen LogP contribution is -2.49. The van der Waals surface area contributed by atoms with Crippen molar-refractivity contribution < 1.29 is 13.6 Å². The van der Waals surface area contributed by atoms with E-state index in [1.807, 2.05) is 46.2 Å². The number of rotatable bonds is 9. The standard InChI is InChI=1S/C27H27ClFN5O2S/c28-23-5-1-2-6-24(23)32-13-15-33(16-14-32)26(35)11-12-34(19-22-4-3-17-36-22)27-30-25(31-37-27)18-20-7-9-21(29)10-8-20/h1-10,17H,11-16,18-19H2. The zero-order chi connectivity index (χ0) is 25.6. The monoisotopic (exact) mass is 539 g/mol. The van der Waals surface area contributed by atoms with Gasteiger partial charge in [0.1, 0.15) is 17.4 Å². The predicted molar refractivity (Wildman–Crippen MR) is 144 cm³/mol. The Balaban J connectivity index is 1.20. The van der Waals surface area contributed by atoms with Crippen LogP contribution in [-0.2, 0) is 17.8 Å². The maximum atomic E-state index is 13.2. The molecule has 7 nitrogen and oxygen atoms in total. The first kappa shape index (κ1) is 25.2. The fourth-order valence-corrected chi connectivity index (χ4v) is 5.32. The van der Waals surface area contributed by atoms with Crippen LogP contribution in [-0.4, -0.2) is 52.9 Å². The van der Waals surface area contributed by atoms with Crippen molar-refractivity contribution in [3.63, 3.8) is 0 Å². The van der Waals surface area contributed by atoms with E-state index in [4.69, 9.17) is 21.0 Å². The molecule has 0 aliphatic carbocycles. The summed E-state index contributed by atoms with van der Waals surface area (Å²) in [5, 5.41) is 1.46. The number of anilines is 2. The van der Waals surface area contributed by atoms with Crippen molar-refractivity contribution in [1.82, 2.24) is 14.3 Å². The summed E-state index contributed by atoms with van der Waals surface area (Å²) in [6, 6.07) is 17.9. The molecule has 2 aromatic heterocycles. The van der Waals surface area contributed by atoms with Crippen molar-refractivity contribution in [1.29, 1.82) is 0 Å². The Kier molecular flexibility index (Phi) is 8.01. The summed E-state index contributed by atoms with van der Waals surface area (Å²) >= 11 is 7.64. The van der Waals surface area contributed by atoms with Gasteiger partial charge in [-0.05, 0) is 42.0 Å². The quantitative estimate of drug-likeness (QED) is 0.289. The summed E-state index contributed by atoms with van der Waals surface area (Å²) in [4.78, 5) is 24.0. The summed E-state index contributed by atoms with van der Waals surface area (Å²) in [6.07, 6.45) is 2.51. The lowest BCUT2D eigenvalue weighted by Gasteiger charge is -2.36. The maximum absolute atomic E-state index is 13.2. The molecule has 1 aliphatic heterocycles. The first-order chi connectivity index (χ1) is 18.0. The molecule has 5 rings (SSSR count).